The Kier molecular flexibility index (Phi) is 5.75. The summed E-state index contributed by atoms with van der Waals surface area (Å²) in [4.78, 5) is 2.40. The van der Waals surface area contributed by atoms with Gasteiger partial charge in [0.05, 0.1) is 5.25 Å². The Hall–Kier alpha value is -0.780. The van der Waals surface area contributed by atoms with Gasteiger partial charge in [-0.15, -0.1) is 12.4 Å². The van der Waals surface area contributed by atoms with Crippen molar-refractivity contribution in [3.05, 3.63) is 29.3 Å². The number of nitrogens with one attached hydrogen (secondary N) is 1. The van der Waals surface area contributed by atoms with Gasteiger partial charge in [-0.25, -0.2) is 8.42 Å². The predicted molar refractivity (Wildman–Crippen MR) is 93.6 cm³/mol. The summed E-state index contributed by atoms with van der Waals surface area (Å²) in [5.41, 5.74) is 4.07. The first-order chi connectivity index (χ1) is 10.0. The van der Waals surface area contributed by atoms with Crippen LogP contribution in [0.3, 0.4) is 0 Å². The Labute approximate surface area is 139 Å². The molecule has 1 atom stereocenters. The third-order valence-electron chi connectivity index (χ3n) is 4.70. The summed E-state index contributed by atoms with van der Waals surface area (Å²) in [5.74, 6) is 0. The first-order valence-electron chi connectivity index (χ1n) is 7.80. The Morgan fingerprint density at radius 3 is 2.86 bits per heavy atom. The predicted octanol–water partition coefficient (Wildman–Crippen LogP) is 2.48. The van der Waals surface area contributed by atoms with Gasteiger partial charge >= 0.3 is 0 Å². The van der Waals surface area contributed by atoms with Crippen molar-refractivity contribution < 1.29 is 8.42 Å². The number of para-hydroxylation sites is 1. The number of fused-ring (bicyclic) bond motifs is 1. The van der Waals surface area contributed by atoms with Crippen LogP contribution in [0.1, 0.15) is 30.4 Å². The lowest BCUT2D eigenvalue weighted by Gasteiger charge is -2.21. The van der Waals surface area contributed by atoms with Crippen LogP contribution in [0.15, 0.2) is 18.2 Å². The quantitative estimate of drug-likeness (QED) is 0.915. The zero-order chi connectivity index (χ0) is 14.9. The molecule has 1 saturated heterocycles. The van der Waals surface area contributed by atoms with Gasteiger partial charge in [-0.05, 0) is 49.9 Å². The molecule has 2 heterocycles. The van der Waals surface area contributed by atoms with Gasteiger partial charge in [-0.3, -0.25) is 4.90 Å². The highest BCUT2D eigenvalue weighted by Gasteiger charge is 2.25. The number of nitrogens with zero attached hydrogens (tertiary/aromatic N) is 1. The number of anilines is 1. The average Bonchev–Trinajstić information content (AvgIpc) is 2.78. The highest BCUT2D eigenvalue weighted by molar-refractivity contribution is 7.91. The molecule has 2 aliphatic heterocycles. The highest BCUT2D eigenvalue weighted by atomic mass is 35.5. The number of sulfone groups is 1. The maximum atomic E-state index is 11.7. The maximum Gasteiger partial charge on any atom is 0.150 e. The van der Waals surface area contributed by atoms with Crippen LogP contribution in [-0.2, 0) is 22.8 Å². The zero-order valence-corrected chi connectivity index (χ0v) is 14.7. The molecule has 1 aromatic rings. The lowest BCUT2D eigenvalue weighted by Crippen LogP contribution is -2.26. The third-order valence-corrected chi connectivity index (χ3v) is 6.38. The van der Waals surface area contributed by atoms with Crippen molar-refractivity contribution in [2.75, 3.05) is 31.2 Å². The van der Waals surface area contributed by atoms with Crippen LogP contribution in [0, 0.1) is 0 Å². The fraction of sp³-hybridized carbons (Fsp3) is 0.625. The standard InChI is InChI=1S/C16H24N2O2S.ClH/c1-21(19,20)15-6-3-10-18(11-8-15)12-14-5-2-4-13-7-9-17-16(13)14;/h2,4-5,15,17H,3,6-12H2,1H3;1H. The lowest BCUT2D eigenvalue weighted by molar-refractivity contribution is 0.277. The Morgan fingerprint density at radius 2 is 2.09 bits per heavy atom. The van der Waals surface area contributed by atoms with Crippen LogP contribution >= 0.6 is 12.4 Å². The Balaban J connectivity index is 0.00000176. The van der Waals surface area contributed by atoms with Gasteiger partial charge in [-0.2, -0.15) is 0 Å². The molecule has 1 unspecified atom stereocenters. The van der Waals surface area contributed by atoms with Gasteiger partial charge in [0.25, 0.3) is 0 Å². The summed E-state index contributed by atoms with van der Waals surface area (Å²) in [6.07, 6.45) is 5.03. The molecule has 0 spiro atoms. The van der Waals surface area contributed by atoms with Gasteiger partial charge in [0.2, 0.25) is 0 Å². The van der Waals surface area contributed by atoms with Crippen LogP contribution in [-0.4, -0.2) is 44.5 Å². The third kappa shape index (κ3) is 3.94. The molecule has 4 nitrogen and oxygen atoms in total. The van der Waals surface area contributed by atoms with Crippen LogP contribution in [0.25, 0.3) is 0 Å². The zero-order valence-electron chi connectivity index (χ0n) is 13.0. The van der Waals surface area contributed by atoms with Gasteiger partial charge < -0.3 is 5.32 Å². The van der Waals surface area contributed by atoms with E-state index in [9.17, 15) is 8.42 Å². The first-order valence-corrected chi connectivity index (χ1v) is 9.75. The molecule has 0 bridgehead atoms. The van der Waals surface area contributed by atoms with Crippen molar-refractivity contribution in [1.29, 1.82) is 0 Å². The number of likely N-dealkylation sites (tertiary alicyclic amines) is 1. The van der Waals surface area contributed by atoms with E-state index >= 15 is 0 Å². The fourth-order valence-corrected chi connectivity index (χ4v) is 4.62. The fourth-order valence-electron chi connectivity index (χ4n) is 3.50. The molecular weight excluding hydrogens is 320 g/mol. The normalized spacial score (nSPS) is 22.3. The number of hydrogen-bond donors (Lipinski definition) is 1. The van der Waals surface area contributed by atoms with Gasteiger partial charge in [-0.1, -0.05) is 18.2 Å². The molecule has 124 valence electrons. The summed E-state index contributed by atoms with van der Waals surface area (Å²) in [6.45, 7) is 3.83. The number of hydrogen-bond acceptors (Lipinski definition) is 4. The molecule has 2 aliphatic rings. The van der Waals surface area contributed by atoms with Crippen molar-refractivity contribution >= 4 is 27.9 Å². The van der Waals surface area contributed by atoms with Crippen molar-refractivity contribution in [2.24, 2.45) is 0 Å². The second-order valence-corrected chi connectivity index (χ2v) is 8.61. The molecule has 0 amide bonds. The molecule has 1 aromatic carbocycles. The molecule has 0 aromatic heterocycles. The van der Waals surface area contributed by atoms with E-state index in [1.165, 1.54) is 23.1 Å². The van der Waals surface area contributed by atoms with E-state index in [1.807, 2.05) is 0 Å². The van der Waals surface area contributed by atoms with E-state index < -0.39 is 9.84 Å². The minimum Gasteiger partial charge on any atom is -0.384 e. The van der Waals surface area contributed by atoms with E-state index in [2.05, 4.69) is 28.4 Å². The van der Waals surface area contributed by atoms with E-state index in [4.69, 9.17) is 0 Å². The Morgan fingerprint density at radius 1 is 1.27 bits per heavy atom. The molecule has 6 heteroatoms. The van der Waals surface area contributed by atoms with E-state index in [1.54, 1.807) is 0 Å². The smallest absolute Gasteiger partial charge is 0.150 e. The monoisotopic (exact) mass is 344 g/mol. The molecular formula is C16H25ClN2O2S. The van der Waals surface area contributed by atoms with Crippen molar-refractivity contribution in [1.82, 2.24) is 4.90 Å². The van der Waals surface area contributed by atoms with E-state index in [0.717, 1.165) is 51.9 Å². The molecule has 1 fully saturated rings. The second kappa shape index (κ2) is 7.20. The van der Waals surface area contributed by atoms with Crippen molar-refractivity contribution in [3.63, 3.8) is 0 Å². The summed E-state index contributed by atoms with van der Waals surface area (Å²) < 4.78 is 23.5. The van der Waals surface area contributed by atoms with Gasteiger partial charge in [0.15, 0.2) is 0 Å². The topological polar surface area (TPSA) is 49.4 Å². The highest BCUT2D eigenvalue weighted by Crippen LogP contribution is 2.28. The largest absolute Gasteiger partial charge is 0.384 e. The van der Waals surface area contributed by atoms with Gasteiger partial charge in [0, 0.05) is 25.0 Å². The van der Waals surface area contributed by atoms with Gasteiger partial charge in [0.1, 0.15) is 9.84 Å². The molecule has 3 rings (SSSR count). The second-order valence-electron chi connectivity index (χ2n) is 6.29. The van der Waals surface area contributed by atoms with Crippen molar-refractivity contribution in [3.8, 4) is 0 Å². The van der Waals surface area contributed by atoms with E-state index in [0.29, 0.717) is 0 Å². The lowest BCUT2D eigenvalue weighted by atomic mass is 10.1. The number of benzene rings is 1. The minimum absolute atomic E-state index is 0. The summed E-state index contributed by atoms with van der Waals surface area (Å²) in [6, 6.07) is 6.52. The van der Waals surface area contributed by atoms with Crippen molar-refractivity contribution in [2.45, 2.75) is 37.5 Å². The minimum atomic E-state index is -2.89. The molecule has 0 radical (unpaired) electrons. The summed E-state index contributed by atoms with van der Waals surface area (Å²) in [7, 11) is -2.89. The van der Waals surface area contributed by atoms with Crippen LogP contribution in [0.4, 0.5) is 5.69 Å². The van der Waals surface area contributed by atoms with Crippen LogP contribution in [0.5, 0.6) is 0 Å². The van der Waals surface area contributed by atoms with Crippen LogP contribution in [0.2, 0.25) is 0 Å². The number of rotatable bonds is 3. The molecule has 0 saturated carbocycles. The maximum absolute atomic E-state index is 11.7. The molecule has 0 aliphatic carbocycles. The summed E-state index contributed by atoms with van der Waals surface area (Å²) >= 11 is 0. The SMILES string of the molecule is CS(=O)(=O)C1CCCN(Cc2cccc3c2NCC3)CC1.Cl. The molecule has 1 N–H and O–H groups in total. The molecule has 22 heavy (non-hydrogen) atoms. The van der Waals surface area contributed by atoms with E-state index in [-0.39, 0.29) is 17.7 Å². The average molecular weight is 345 g/mol. The number of halogens is 1. The van der Waals surface area contributed by atoms with Crippen LogP contribution < -0.4 is 5.32 Å². The summed E-state index contributed by atoms with van der Waals surface area (Å²) in [5, 5.41) is 3.33. The Bertz CT molecular complexity index is 619. The first kappa shape index (κ1) is 17.6.